The highest BCUT2D eigenvalue weighted by Crippen LogP contribution is 2.23. The summed E-state index contributed by atoms with van der Waals surface area (Å²) in [6, 6.07) is 9.55. The standard InChI is InChI=1S/C16H25N/c1-13-7-6-9-15(11-13)12-17-16-10-5-3-4-8-14(16)2/h6-7,9,11,14,16-17H,3-5,8,10,12H2,1-2H3. The molecular formula is C16H25N. The van der Waals surface area contributed by atoms with E-state index in [2.05, 4.69) is 43.4 Å². The van der Waals surface area contributed by atoms with Crippen molar-refractivity contribution < 1.29 is 0 Å². The van der Waals surface area contributed by atoms with E-state index in [1.54, 1.807) is 0 Å². The molecule has 17 heavy (non-hydrogen) atoms. The van der Waals surface area contributed by atoms with Gasteiger partial charge in [-0.2, -0.15) is 0 Å². The fourth-order valence-corrected chi connectivity index (χ4v) is 2.87. The normalized spacial score (nSPS) is 25.5. The Morgan fingerprint density at radius 3 is 2.82 bits per heavy atom. The Bertz CT molecular complexity index is 345. The second-order valence-corrected chi connectivity index (χ2v) is 5.59. The predicted octanol–water partition coefficient (Wildman–Crippen LogP) is 4.05. The van der Waals surface area contributed by atoms with Crippen molar-refractivity contribution in [2.24, 2.45) is 5.92 Å². The first-order valence-electron chi connectivity index (χ1n) is 7.04. The molecule has 0 bridgehead atoms. The van der Waals surface area contributed by atoms with Gasteiger partial charge in [0.25, 0.3) is 0 Å². The van der Waals surface area contributed by atoms with E-state index >= 15 is 0 Å². The van der Waals surface area contributed by atoms with Crippen LogP contribution in [0.4, 0.5) is 0 Å². The summed E-state index contributed by atoms with van der Waals surface area (Å²) in [5.41, 5.74) is 2.78. The third kappa shape index (κ3) is 3.85. The summed E-state index contributed by atoms with van der Waals surface area (Å²) in [5, 5.41) is 3.75. The highest BCUT2D eigenvalue weighted by molar-refractivity contribution is 5.22. The minimum absolute atomic E-state index is 0.720. The lowest BCUT2D eigenvalue weighted by Crippen LogP contribution is -2.33. The van der Waals surface area contributed by atoms with E-state index in [1.807, 2.05) is 0 Å². The van der Waals surface area contributed by atoms with Crippen LogP contribution in [0.2, 0.25) is 0 Å². The molecule has 2 unspecified atom stereocenters. The van der Waals surface area contributed by atoms with E-state index in [9.17, 15) is 0 Å². The summed E-state index contributed by atoms with van der Waals surface area (Å²) < 4.78 is 0. The van der Waals surface area contributed by atoms with Gasteiger partial charge < -0.3 is 5.32 Å². The third-order valence-corrected chi connectivity index (χ3v) is 4.01. The zero-order chi connectivity index (χ0) is 12.1. The number of nitrogens with one attached hydrogen (secondary N) is 1. The number of hydrogen-bond donors (Lipinski definition) is 1. The van der Waals surface area contributed by atoms with Gasteiger partial charge in [0.15, 0.2) is 0 Å². The quantitative estimate of drug-likeness (QED) is 0.774. The number of hydrogen-bond acceptors (Lipinski definition) is 1. The van der Waals surface area contributed by atoms with Crippen molar-refractivity contribution in [2.45, 2.75) is 58.5 Å². The molecule has 1 fully saturated rings. The highest BCUT2D eigenvalue weighted by atomic mass is 14.9. The predicted molar refractivity (Wildman–Crippen MR) is 74.1 cm³/mol. The Labute approximate surface area is 106 Å². The molecule has 0 saturated heterocycles. The smallest absolute Gasteiger partial charge is 0.0208 e. The molecule has 1 aromatic carbocycles. The molecular weight excluding hydrogens is 206 g/mol. The molecule has 1 aromatic rings. The first kappa shape index (κ1) is 12.6. The Hall–Kier alpha value is -0.820. The largest absolute Gasteiger partial charge is 0.310 e. The topological polar surface area (TPSA) is 12.0 Å². The van der Waals surface area contributed by atoms with Gasteiger partial charge in [-0.3, -0.25) is 0 Å². The maximum atomic E-state index is 3.75. The molecule has 0 spiro atoms. The van der Waals surface area contributed by atoms with Crippen molar-refractivity contribution in [3.8, 4) is 0 Å². The SMILES string of the molecule is Cc1cccc(CNC2CCCCCC2C)c1. The van der Waals surface area contributed by atoms with Gasteiger partial charge >= 0.3 is 0 Å². The highest BCUT2D eigenvalue weighted by Gasteiger charge is 2.18. The van der Waals surface area contributed by atoms with Gasteiger partial charge in [-0.25, -0.2) is 0 Å². The molecule has 2 atom stereocenters. The Morgan fingerprint density at radius 1 is 1.18 bits per heavy atom. The van der Waals surface area contributed by atoms with Gasteiger partial charge in [0.2, 0.25) is 0 Å². The summed E-state index contributed by atoms with van der Waals surface area (Å²) in [6.45, 7) is 5.59. The Kier molecular flexibility index (Phi) is 4.61. The molecule has 1 heteroatoms. The van der Waals surface area contributed by atoms with E-state index in [-0.39, 0.29) is 0 Å². The van der Waals surface area contributed by atoms with Crippen molar-refractivity contribution in [3.63, 3.8) is 0 Å². The average Bonchev–Trinajstić information content (AvgIpc) is 2.52. The van der Waals surface area contributed by atoms with Gasteiger partial charge in [-0.15, -0.1) is 0 Å². The third-order valence-electron chi connectivity index (χ3n) is 4.01. The minimum atomic E-state index is 0.720. The maximum Gasteiger partial charge on any atom is 0.0208 e. The zero-order valence-corrected chi connectivity index (χ0v) is 11.2. The summed E-state index contributed by atoms with van der Waals surface area (Å²) in [5.74, 6) is 0.835. The molecule has 0 aromatic heterocycles. The fourth-order valence-electron chi connectivity index (χ4n) is 2.87. The van der Waals surface area contributed by atoms with E-state index in [0.29, 0.717) is 0 Å². The van der Waals surface area contributed by atoms with Crippen LogP contribution in [0.1, 0.15) is 50.2 Å². The molecule has 1 aliphatic carbocycles. The molecule has 0 radical (unpaired) electrons. The molecule has 1 aliphatic rings. The maximum absolute atomic E-state index is 3.75. The summed E-state index contributed by atoms with van der Waals surface area (Å²) in [6.07, 6.45) is 6.99. The summed E-state index contributed by atoms with van der Waals surface area (Å²) >= 11 is 0. The van der Waals surface area contributed by atoms with Crippen LogP contribution < -0.4 is 5.32 Å². The van der Waals surface area contributed by atoms with Gasteiger partial charge in [-0.1, -0.05) is 56.0 Å². The lowest BCUT2D eigenvalue weighted by molar-refractivity contribution is 0.356. The Balaban J connectivity index is 1.88. The van der Waals surface area contributed by atoms with E-state index in [0.717, 1.165) is 18.5 Å². The van der Waals surface area contributed by atoms with E-state index in [1.165, 1.54) is 43.2 Å². The molecule has 0 aliphatic heterocycles. The van der Waals surface area contributed by atoms with Crippen LogP contribution in [-0.4, -0.2) is 6.04 Å². The number of benzene rings is 1. The molecule has 0 amide bonds. The van der Waals surface area contributed by atoms with Crippen LogP contribution in [0, 0.1) is 12.8 Å². The van der Waals surface area contributed by atoms with Crippen LogP contribution in [0.25, 0.3) is 0 Å². The van der Waals surface area contributed by atoms with Crippen LogP contribution in [0.15, 0.2) is 24.3 Å². The first-order chi connectivity index (χ1) is 8.25. The summed E-state index contributed by atoms with van der Waals surface area (Å²) in [4.78, 5) is 0. The lowest BCUT2D eigenvalue weighted by Gasteiger charge is -2.23. The second-order valence-electron chi connectivity index (χ2n) is 5.59. The second kappa shape index (κ2) is 6.20. The average molecular weight is 231 g/mol. The molecule has 1 saturated carbocycles. The van der Waals surface area contributed by atoms with Crippen molar-refractivity contribution in [3.05, 3.63) is 35.4 Å². The molecule has 1 nitrogen and oxygen atoms in total. The van der Waals surface area contributed by atoms with Gasteiger partial charge in [0.05, 0.1) is 0 Å². The number of rotatable bonds is 3. The molecule has 94 valence electrons. The van der Waals surface area contributed by atoms with Gasteiger partial charge in [0, 0.05) is 12.6 Å². The van der Waals surface area contributed by atoms with Crippen molar-refractivity contribution in [2.75, 3.05) is 0 Å². The lowest BCUT2D eigenvalue weighted by atomic mass is 9.96. The monoisotopic (exact) mass is 231 g/mol. The minimum Gasteiger partial charge on any atom is -0.310 e. The fraction of sp³-hybridized carbons (Fsp3) is 0.625. The Morgan fingerprint density at radius 2 is 2.00 bits per heavy atom. The molecule has 0 heterocycles. The van der Waals surface area contributed by atoms with Gasteiger partial charge in [0.1, 0.15) is 0 Å². The molecule has 1 N–H and O–H groups in total. The number of aryl methyl sites for hydroxylation is 1. The zero-order valence-electron chi connectivity index (χ0n) is 11.2. The van der Waals surface area contributed by atoms with Crippen LogP contribution in [-0.2, 0) is 6.54 Å². The summed E-state index contributed by atoms with van der Waals surface area (Å²) in [7, 11) is 0. The van der Waals surface area contributed by atoms with Crippen molar-refractivity contribution in [1.29, 1.82) is 0 Å². The van der Waals surface area contributed by atoms with E-state index < -0.39 is 0 Å². The van der Waals surface area contributed by atoms with E-state index in [4.69, 9.17) is 0 Å². The van der Waals surface area contributed by atoms with Crippen LogP contribution in [0.3, 0.4) is 0 Å². The first-order valence-corrected chi connectivity index (χ1v) is 7.04. The van der Waals surface area contributed by atoms with Crippen molar-refractivity contribution >= 4 is 0 Å². The molecule has 2 rings (SSSR count). The van der Waals surface area contributed by atoms with Gasteiger partial charge in [-0.05, 0) is 31.2 Å². The van der Waals surface area contributed by atoms with Crippen LogP contribution in [0.5, 0.6) is 0 Å². The van der Waals surface area contributed by atoms with Crippen LogP contribution >= 0.6 is 0 Å². The van der Waals surface area contributed by atoms with Crippen molar-refractivity contribution in [1.82, 2.24) is 5.32 Å².